The zero-order chi connectivity index (χ0) is 11.4. The first kappa shape index (κ1) is 11.7. The summed E-state index contributed by atoms with van der Waals surface area (Å²) in [6.07, 6.45) is 4.43. The summed E-state index contributed by atoms with van der Waals surface area (Å²) in [5.74, 6) is 0. The van der Waals surface area contributed by atoms with Gasteiger partial charge in [0.25, 0.3) is 0 Å². The van der Waals surface area contributed by atoms with Crippen LogP contribution in [0, 0.1) is 0 Å². The van der Waals surface area contributed by atoms with Gasteiger partial charge in [-0.2, -0.15) is 0 Å². The topological polar surface area (TPSA) is 25.4 Å². The number of anilines is 1. The van der Waals surface area contributed by atoms with Crippen molar-refractivity contribution in [3.8, 4) is 0 Å². The molecule has 0 aromatic carbocycles. The van der Waals surface area contributed by atoms with Crippen LogP contribution in [0.1, 0.15) is 19.8 Å². The standard InChI is InChI=1S/C12H17ClN2O/c1-2-16-11-4-3-7-15(9-11)10-5-6-14-12(13)8-10/h5-6,8,11H,2-4,7,9H2,1H3. The Morgan fingerprint density at radius 2 is 2.50 bits per heavy atom. The third-order valence-electron chi connectivity index (χ3n) is 2.86. The van der Waals surface area contributed by atoms with E-state index in [0.29, 0.717) is 11.3 Å². The Balaban J connectivity index is 2.03. The molecular formula is C12H17ClN2O. The lowest BCUT2D eigenvalue weighted by Gasteiger charge is -2.34. The van der Waals surface area contributed by atoms with Gasteiger partial charge < -0.3 is 9.64 Å². The quantitative estimate of drug-likeness (QED) is 0.760. The molecule has 2 rings (SSSR count). The smallest absolute Gasteiger partial charge is 0.131 e. The van der Waals surface area contributed by atoms with Crippen LogP contribution in [0.2, 0.25) is 5.15 Å². The molecule has 2 heterocycles. The fraction of sp³-hybridized carbons (Fsp3) is 0.583. The van der Waals surface area contributed by atoms with Crippen LogP contribution in [0.3, 0.4) is 0 Å². The van der Waals surface area contributed by atoms with E-state index in [9.17, 15) is 0 Å². The summed E-state index contributed by atoms with van der Waals surface area (Å²) >= 11 is 5.89. The lowest BCUT2D eigenvalue weighted by atomic mass is 10.1. The maximum Gasteiger partial charge on any atom is 0.131 e. The van der Waals surface area contributed by atoms with Gasteiger partial charge in [-0.15, -0.1) is 0 Å². The molecule has 4 heteroatoms. The van der Waals surface area contributed by atoms with Gasteiger partial charge in [0.1, 0.15) is 5.15 Å². The van der Waals surface area contributed by atoms with E-state index in [-0.39, 0.29) is 0 Å². The number of hydrogen-bond acceptors (Lipinski definition) is 3. The zero-order valence-corrected chi connectivity index (χ0v) is 10.3. The van der Waals surface area contributed by atoms with Crippen molar-refractivity contribution in [1.29, 1.82) is 0 Å². The highest BCUT2D eigenvalue weighted by Crippen LogP contribution is 2.22. The van der Waals surface area contributed by atoms with E-state index in [2.05, 4.69) is 9.88 Å². The second-order valence-electron chi connectivity index (χ2n) is 4.00. The molecule has 0 amide bonds. The highest BCUT2D eigenvalue weighted by atomic mass is 35.5. The van der Waals surface area contributed by atoms with Gasteiger partial charge in [0.2, 0.25) is 0 Å². The average Bonchev–Trinajstić information content (AvgIpc) is 2.30. The number of nitrogens with zero attached hydrogens (tertiary/aromatic N) is 2. The van der Waals surface area contributed by atoms with E-state index in [1.54, 1.807) is 6.20 Å². The lowest BCUT2D eigenvalue weighted by molar-refractivity contribution is 0.0527. The zero-order valence-electron chi connectivity index (χ0n) is 9.53. The first-order valence-corrected chi connectivity index (χ1v) is 6.15. The molecule has 0 spiro atoms. The number of pyridine rings is 1. The van der Waals surface area contributed by atoms with E-state index in [1.807, 2.05) is 19.1 Å². The van der Waals surface area contributed by atoms with Crippen molar-refractivity contribution in [3.05, 3.63) is 23.5 Å². The molecule has 1 aliphatic heterocycles. The fourth-order valence-corrected chi connectivity index (χ4v) is 2.30. The van der Waals surface area contributed by atoms with E-state index >= 15 is 0 Å². The fourth-order valence-electron chi connectivity index (χ4n) is 2.13. The summed E-state index contributed by atoms with van der Waals surface area (Å²) in [6, 6.07) is 3.91. The third kappa shape index (κ3) is 2.86. The highest BCUT2D eigenvalue weighted by molar-refractivity contribution is 6.29. The third-order valence-corrected chi connectivity index (χ3v) is 3.06. The molecule has 3 nitrogen and oxygen atoms in total. The van der Waals surface area contributed by atoms with Crippen LogP contribution >= 0.6 is 11.6 Å². The molecule has 0 saturated carbocycles. The van der Waals surface area contributed by atoms with E-state index < -0.39 is 0 Å². The Labute approximate surface area is 101 Å². The van der Waals surface area contributed by atoms with E-state index in [1.165, 1.54) is 6.42 Å². The van der Waals surface area contributed by atoms with Crippen LogP contribution in [0.25, 0.3) is 0 Å². The Morgan fingerprint density at radius 3 is 3.25 bits per heavy atom. The summed E-state index contributed by atoms with van der Waals surface area (Å²) in [6.45, 7) is 4.86. The average molecular weight is 241 g/mol. The summed E-state index contributed by atoms with van der Waals surface area (Å²) in [5.41, 5.74) is 1.14. The number of hydrogen-bond donors (Lipinski definition) is 0. The first-order chi connectivity index (χ1) is 7.79. The monoisotopic (exact) mass is 240 g/mol. The van der Waals surface area contributed by atoms with Gasteiger partial charge in [0.15, 0.2) is 0 Å². The van der Waals surface area contributed by atoms with Gasteiger partial charge in [-0.05, 0) is 31.9 Å². The maximum absolute atomic E-state index is 5.89. The summed E-state index contributed by atoms with van der Waals surface area (Å²) in [5, 5.41) is 0.552. The van der Waals surface area contributed by atoms with Crippen LogP contribution < -0.4 is 4.90 Å². The van der Waals surface area contributed by atoms with Crippen molar-refractivity contribution >= 4 is 17.3 Å². The molecule has 1 aromatic rings. The van der Waals surface area contributed by atoms with Gasteiger partial charge in [-0.1, -0.05) is 11.6 Å². The molecule has 1 aliphatic rings. The largest absolute Gasteiger partial charge is 0.377 e. The van der Waals surface area contributed by atoms with Gasteiger partial charge in [0.05, 0.1) is 6.10 Å². The second-order valence-corrected chi connectivity index (χ2v) is 4.39. The minimum Gasteiger partial charge on any atom is -0.377 e. The molecule has 0 N–H and O–H groups in total. The normalized spacial score (nSPS) is 21.1. The molecule has 0 radical (unpaired) electrons. The molecular weight excluding hydrogens is 224 g/mol. The molecule has 16 heavy (non-hydrogen) atoms. The van der Waals surface area contributed by atoms with Crippen LogP contribution in [0.5, 0.6) is 0 Å². The lowest BCUT2D eigenvalue weighted by Crippen LogP contribution is -2.39. The van der Waals surface area contributed by atoms with Gasteiger partial charge in [-0.3, -0.25) is 0 Å². The van der Waals surface area contributed by atoms with Gasteiger partial charge in [-0.25, -0.2) is 4.98 Å². The van der Waals surface area contributed by atoms with Gasteiger partial charge in [0, 0.05) is 31.6 Å². The van der Waals surface area contributed by atoms with E-state index in [0.717, 1.165) is 31.8 Å². The van der Waals surface area contributed by atoms with Crippen molar-refractivity contribution in [1.82, 2.24) is 4.98 Å². The number of halogens is 1. The van der Waals surface area contributed by atoms with Crippen molar-refractivity contribution in [2.45, 2.75) is 25.9 Å². The molecule has 1 atom stereocenters. The predicted octanol–water partition coefficient (Wildman–Crippen LogP) is 2.74. The van der Waals surface area contributed by atoms with Crippen molar-refractivity contribution < 1.29 is 4.74 Å². The molecule has 1 saturated heterocycles. The Bertz CT molecular complexity index is 344. The van der Waals surface area contributed by atoms with Crippen molar-refractivity contribution in [2.75, 3.05) is 24.6 Å². The number of piperidine rings is 1. The number of ether oxygens (including phenoxy) is 1. The minimum absolute atomic E-state index is 0.352. The van der Waals surface area contributed by atoms with Crippen LogP contribution in [-0.4, -0.2) is 30.8 Å². The Kier molecular flexibility index (Phi) is 4.02. The highest BCUT2D eigenvalue weighted by Gasteiger charge is 2.20. The van der Waals surface area contributed by atoms with Crippen molar-refractivity contribution in [2.24, 2.45) is 0 Å². The van der Waals surface area contributed by atoms with Crippen molar-refractivity contribution in [3.63, 3.8) is 0 Å². The first-order valence-electron chi connectivity index (χ1n) is 5.77. The summed E-state index contributed by atoms with van der Waals surface area (Å²) in [7, 11) is 0. The summed E-state index contributed by atoms with van der Waals surface area (Å²) < 4.78 is 5.67. The maximum atomic E-state index is 5.89. The summed E-state index contributed by atoms with van der Waals surface area (Å²) in [4.78, 5) is 6.31. The molecule has 88 valence electrons. The van der Waals surface area contributed by atoms with Crippen LogP contribution in [-0.2, 0) is 4.74 Å². The second kappa shape index (κ2) is 5.51. The Hall–Kier alpha value is -0.800. The van der Waals surface area contributed by atoms with Crippen LogP contribution in [0.15, 0.2) is 18.3 Å². The van der Waals surface area contributed by atoms with Crippen LogP contribution in [0.4, 0.5) is 5.69 Å². The number of rotatable bonds is 3. The molecule has 0 aliphatic carbocycles. The van der Waals surface area contributed by atoms with E-state index in [4.69, 9.17) is 16.3 Å². The SMILES string of the molecule is CCOC1CCCN(c2ccnc(Cl)c2)C1. The molecule has 0 bridgehead atoms. The molecule has 1 fully saturated rings. The number of aromatic nitrogens is 1. The minimum atomic E-state index is 0.352. The molecule has 1 unspecified atom stereocenters. The predicted molar refractivity (Wildman–Crippen MR) is 66.1 cm³/mol. The Morgan fingerprint density at radius 1 is 1.62 bits per heavy atom. The molecule has 1 aromatic heterocycles. The van der Waals surface area contributed by atoms with Gasteiger partial charge >= 0.3 is 0 Å².